The molecule has 2 heteroatoms. The van der Waals surface area contributed by atoms with Crippen molar-refractivity contribution in [1.29, 1.82) is 0 Å². The molecule has 0 saturated carbocycles. The highest BCUT2D eigenvalue weighted by Gasteiger charge is 2.32. The van der Waals surface area contributed by atoms with Crippen molar-refractivity contribution in [3.63, 3.8) is 0 Å². The molecule has 1 fully saturated rings. The Morgan fingerprint density at radius 2 is 2.05 bits per heavy atom. The molecular weight excluding hydrogens is 246 g/mol. The van der Waals surface area contributed by atoms with Crippen molar-refractivity contribution in [3.05, 3.63) is 35.4 Å². The molecule has 110 valence electrons. The van der Waals surface area contributed by atoms with Crippen molar-refractivity contribution >= 4 is 0 Å². The number of benzene rings is 1. The lowest BCUT2D eigenvalue weighted by molar-refractivity contribution is 0.0274. The Balaban J connectivity index is 1.72. The maximum atomic E-state index is 5.73. The van der Waals surface area contributed by atoms with Crippen LogP contribution in [0.4, 0.5) is 0 Å². The normalized spacial score (nSPS) is 27.9. The Labute approximate surface area is 122 Å². The fourth-order valence-electron chi connectivity index (χ4n) is 4.04. The quantitative estimate of drug-likeness (QED) is 0.909. The summed E-state index contributed by atoms with van der Waals surface area (Å²) in [5, 5.41) is 3.77. The molecule has 1 aromatic carbocycles. The van der Waals surface area contributed by atoms with Gasteiger partial charge in [0.1, 0.15) is 0 Å². The van der Waals surface area contributed by atoms with E-state index in [1.54, 1.807) is 11.1 Å². The van der Waals surface area contributed by atoms with Gasteiger partial charge in [0.15, 0.2) is 0 Å². The summed E-state index contributed by atoms with van der Waals surface area (Å²) >= 11 is 0. The molecule has 0 amide bonds. The molecule has 1 heterocycles. The summed E-state index contributed by atoms with van der Waals surface area (Å²) in [6.45, 7) is 5.21. The topological polar surface area (TPSA) is 21.3 Å². The lowest BCUT2D eigenvalue weighted by Gasteiger charge is -2.38. The molecule has 1 aliphatic carbocycles. The first-order valence-electron chi connectivity index (χ1n) is 8.26. The number of rotatable bonds is 4. The van der Waals surface area contributed by atoms with Gasteiger partial charge in [-0.2, -0.15) is 0 Å². The molecule has 0 spiro atoms. The van der Waals surface area contributed by atoms with Crippen molar-refractivity contribution in [2.24, 2.45) is 11.8 Å². The second-order valence-corrected chi connectivity index (χ2v) is 6.33. The molecule has 3 unspecified atom stereocenters. The molecule has 1 N–H and O–H groups in total. The van der Waals surface area contributed by atoms with Crippen molar-refractivity contribution in [2.75, 3.05) is 19.8 Å². The third kappa shape index (κ3) is 3.07. The summed E-state index contributed by atoms with van der Waals surface area (Å²) in [6.07, 6.45) is 6.37. The highest BCUT2D eigenvalue weighted by atomic mass is 16.5. The molecule has 20 heavy (non-hydrogen) atoms. The fraction of sp³-hybridized carbons (Fsp3) is 0.667. The Morgan fingerprint density at radius 1 is 1.20 bits per heavy atom. The van der Waals surface area contributed by atoms with Gasteiger partial charge in [-0.25, -0.2) is 0 Å². The minimum atomic E-state index is 0.633. The van der Waals surface area contributed by atoms with Crippen LogP contribution in [-0.2, 0) is 17.6 Å². The summed E-state index contributed by atoms with van der Waals surface area (Å²) in [7, 11) is 0. The Kier molecular flexibility index (Phi) is 4.74. The Morgan fingerprint density at radius 3 is 2.80 bits per heavy atom. The predicted octanol–water partition coefficient (Wildman–Crippen LogP) is 3.20. The van der Waals surface area contributed by atoms with Crippen LogP contribution in [0.5, 0.6) is 0 Å². The van der Waals surface area contributed by atoms with Gasteiger partial charge in [-0.3, -0.25) is 0 Å². The second-order valence-electron chi connectivity index (χ2n) is 6.33. The predicted molar refractivity (Wildman–Crippen MR) is 83.0 cm³/mol. The minimum Gasteiger partial charge on any atom is -0.381 e. The minimum absolute atomic E-state index is 0.633. The standard InChI is InChI=1S/C18H27NO/c1-2-19-18(17-8-5-11-20-13-17)16-10-9-14-6-3-4-7-15(14)12-16/h3-4,6-7,16-19H,2,5,8-13H2,1H3. The average molecular weight is 273 g/mol. The summed E-state index contributed by atoms with van der Waals surface area (Å²) in [5.41, 5.74) is 3.14. The van der Waals surface area contributed by atoms with Crippen molar-refractivity contribution in [3.8, 4) is 0 Å². The molecule has 3 atom stereocenters. The number of hydrogen-bond donors (Lipinski definition) is 1. The van der Waals surface area contributed by atoms with Gasteiger partial charge < -0.3 is 10.1 Å². The van der Waals surface area contributed by atoms with E-state index in [1.165, 1.54) is 32.1 Å². The molecule has 0 bridgehead atoms. The van der Waals surface area contributed by atoms with E-state index in [0.29, 0.717) is 12.0 Å². The number of aryl methyl sites for hydroxylation is 1. The van der Waals surface area contributed by atoms with Gasteiger partial charge in [-0.1, -0.05) is 31.2 Å². The number of nitrogens with one attached hydrogen (secondary N) is 1. The number of hydrogen-bond acceptors (Lipinski definition) is 2. The van der Waals surface area contributed by atoms with Gasteiger partial charge in [-0.05, 0) is 61.6 Å². The molecule has 0 radical (unpaired) electrons. The second kappa shape index (κ2) is 6.73. The fourth-order valence-corrected chi connectivity index (χ4v) is 4.04. The highest BCUT2D eigenvalue weighted by molar-refractivity contribution is 5.30. The van der Waals surface area contributed by atoms with Gasteiger partial charge in [0.25, 0.3) is 0 Å². The van der Waals surface area contributed by atoms with Gasteiger partial charge in [0.2, 0.25) is 0 Å². The van der Waals surface area contributed by atoms with Gasteiger partial charge in [0.05, 0.1) is 6.61 Å². The number of ether oxygens (including phenoxy) is 1. The first-order chi connectivity index (χ1) is 9.88. The first-order valence-corrected chi connectivity index (χ1v) is 8.26. The number of fused-ring (bicyclic) bond motifs is 1. The van der Waals surface area contributed by atoms with E-state index in [2.05, 4.69) is 36.5 Å². The molecule has 3 rings (SSSR count). The van der Waals surface area contributed by atoms with Crippen LogP contribution in [0, 0.1) is 11.8 Å². The maximum Gasteiger partial charge on any atom is 0.0509 e. The summed E-state index contributed by atoms with van der Waals surface area (Å²) in [6, 6.07) is 9.62. The molecule has 2 nitrogen and oxygen atoms in total. The van der Waals surface area contributed by atoms with E-state index >= 15 is 0 Å². The van der Waals surface area contributed by atoms with E-state index < -0.39 is 0 Å². The monoisotopic (exact) mass is 273 g/mol. The van der Waals surface area contributed by atoms with E-state index in [4.69, 9.17) is 4.74 Å². The van der Waals surface area contributed by atoms with Crippen LogP contribution in [-0.4, -0.2) is 25.8 Å². The molecule has 1 aromatic rings. The van der Waals surface area contributed by atoms with Crippen LogP contribution in [0.2, 0.25) is 0 Å². The van der Waals surface area contributed by atoms with Crippen LogP contribution in [0.25, 0.3) is 0 Å². The molecule has 1 saturated heterocycles. The lowest BCUT2D eigenvalue weighted by atomic mass is 9.75. The Hall–Kier alpha value is -0.860. The van der Waals surface area contributed by atoms with Crippen molar-refractivity contribution < 1.29 is 4.74 Å². The summed E-state index contributed by atoms with van der Waals surface area (Å²) in [4.78, 5) is 0. The smallest absolute Gasteiger partial charge is 0.0509 e. The molecule has 1 aliphatic heterocycles. The third-order valence-corrected chi connectivity index (χ3v) is 5.04. The SMILES string of the molecule is CCNC(C1CCCOC1)C1CCc2ccccc2C1. The highest BCUT2D eigenvalue weighted by Crippen LogP contribution is 2.32. The van der Waals surface area contributed by atoms with Crippen LogP contribution < -0.4 is 5.32 Å². The average Bonchev–Trinajstić information content (AvgIpc) is 2.53. The zero-order chi connectivity index (χ0) is 13.8. The zero-order valence-corrected chi connectivity index (χ0v) is 12.6. The van der Waals surface area contributed by atoms with Gasteiger partial charge >= 0.3 is 0 Å². The first kappa shape index (κ1) is 14.1. The molecule has 2 aliphatic rings. The molecule has 0 aromatic heterocycles. The van der Waals surface area contributed by atoms with E-state index in [-0.39, 0.29) is 0 Å². The third-order valence-electron chi connectivity index (χ3n) is 5.04. The lowest BCUT2D eigenvalue weighted by Crippen LogP contribution is -2.47. The van der Waals surface area contributed by atoms with E-state index in [0.717, 1.165) is 25.7 Å². The van der Waals surface area contributed by atoms with Gasteiger partial charge in [-0.15, -0.1) is 0 Å². The van der Waals surface area contributed by atoms with E-state index in [9.17, 15) is 0 Å². The summed E-state index contributed by atoms with van der Waals surface area (Å²) < 4.78 is 5.73. The van der Waals surface area contributed by atoms with E-state index in [1.807, 2.05) is 0 Å². The zero-order valence-electron chi connectivity index (χ0n) is 12.6. The summed E-state index contributed by atoms with van der Waals surface area (Å²) in [5.74, 6) is 1.48. The van der Waals surface area contributed by atoms with Crippen LogP contribution in [0.15, 0.2) is 24.3 Å². The largest absolute Gasteiger partial charge is 0.381 e. The van der Waals surface area contributed by atoms with Crippen LogP contribution in [0.1, 0.15) is 37.3 Å². The van der Waals surface area contributed by atoms with Crippen LogP contribution in [0.3, 0.4) is 0 Å². The Bertz CT molecular complexity index is 425. The van der Waals surface area contributed by atoms with Gasteiger partial charge in [0, 0.05) is 12.6 Å². The van der Waals surface area contributed by atoms with Crippen molar-refractivity contribution in [2.45, 2.75) is 45.1 Å². The maximum absolute atomic E-state index is 5.73. The van der Waals surface area contributed by atoms with Crippen molar-refractivity contribution in [1.82, 2.24) is 5.32 Å². The molecular formula is C18H27NO. The van der Waals surface area contributed by atoms with Crippen LogP contribution >= 0.6 is 0 Å².